The average molecular weight is 332 g/mol. The van der Waals surface area contributed by atoms with E-state index in [1.54, 1.807) is 33.8 Å². The third-order valence-corrected chi connectivity index (χ3v) is 3.68. The molecule has 0 bridgehead atoms. The van der Waals surface area contributed by atoms with Crippen LogP contribution >= 0.6 is 0 Å². The van der Waals surface area contributed by atoms with Crippen LogP contribution in [0.4, 0.5) is 4.39 Å². The van der Waals surface area contributed by atoms with Gasteiger partial charge < -0.3 is 9.84 Å². The van der Waals surface area contributed by atoms with Gasteiger partial charge in [0.2, 0.25) is 5.88 Å². The maximum Gasteiger partial charge on any atom is 0.278 e. The summed E-state index contributed by atoms with van der Waals surface area (Å²) in [6.45, 7) is 8.06. The van der Waals surface area contributed by atoms with Crippen LogP contribution < -0.4 is 10.3 Å². The number of ether oxygens (including phenoxy) is 1. The molecule has 1 N–H and O–H groups in total. The molecule has 0 saturated carbocycles. The Bertz CT molecular complexity index is 869. The van der Waals surface area contributed by atoms with Gasteiger partial charge in [-0.1, -0.05) is 5.92 Å². The second-order valence-corrected chi connectivity index (χ2v) is 5.07. The zero-order chi connectivity index (χ0) is 17.9. The van der Waals surface area contributed by atoms with Crippen LogP contribution in [0.25, 0.3) is 11.1 Å². The molecular weight excluding hydrogens is 311 g/mol. The normalized spacial score (nSPS) is 10.4. The molecule has 1 heterocycles. The third kappa shape index (κ3) is 2.90. The summed E-state index contributed by atoms with van der Waals surface area (Å²) < 4.78 is 23.0. The fraction of sp³-hybridized carbons (Fsp3) is 0.389. The summed E-state index contributed by atoms with van der Waals surface area (Å²) in [5, 5.41) is 10.5. The fourth-order valence-electron chi connectivity index (χ4n) is 2.74. The van der Waals surface area contributed by atoms with Gasteiger partial charge in [-0.15, -0.1) is 5.92 Å². The Balaban J connectivity index is 2.83. The summed E-state index contributed by atoms with van der Waals surface area (Å²) in [6.07, 6.45) is 0. The van der Waals surface area contributed by atoms with Crippen molar-refractivity contribution in [2.24, 2.45) is 0 Å². The van der Waals surface area contributed by atoms with Gasteiger partial charge >= 0.3 is 0 Å². The van der Waals surface area contributed by atoms with Crippen molar-refractivity contribution in [3.05, 3.63) is 33.9 Å². The summed E-state index contributed by atoms with van der Waals surface area (Å²) in [6, 6.07) is 2.82. The van der Waals surface area contributed by atoms with Gasteiger partial charge in [0.1, 0.15) is 17.1 Å². The van der Waals surface area contributed by atoms with Gasteiger partial charge in [0.25, 0.3) is 5.56 Å². The molecule has 24 heavy (non-hydrogen) atoms. The van der Waals surface area contributed by atoms with Crippen molar-refractivity contribution >= 4 is 0 Å². The highest BCUT2D eigenvalue weighted by atomic mass is 19.1. The van der Waals surface area contributed by atoms with Crippen molar-refractivity contribution in [2.75, 3.05) is 6.61 Å². The van der Waals surface area contributed by atoms with E-state index in [2.05, 4.69) is 11.8 Å². The summed E-state index contributed by atoms with van der Waals surface area (Å²) in [5.41, 5.74) is -0.121. The van der Waals surface area contributed by atoms with Crippen molar-refractivity contribution < 1.29 is 14.2 Å². The molecule has 0 amide bonds. The molecular formula is C18H21FN2O3. The first-order valence-corrected chi connectivity index (χ1v) is 7.92. The van der Waals surface area contributed by atoms with E-state index in [1.165, 1.54) is 15.4 Å². The molecule has 1 aromatic heterocycles. The minimum Gasteiger partial charge on any atom is -0.493 e. The Morgan fingerprint density at radius 2 is 1.83 bits per heavy atom. The summed E-state index contributed by atoms with van der Waals surface area (Å²) >= 11 is 0. The highest BCUT2D eigenvalue weighted by Gasteiger charge is 2.26. The third-order valence-electron chi connectivity index (χ3n) is 3.68. The largest absolute Gasteiger partial charge is 0.493 e. The molecule has 1 aromatic carbocycles. The predicted molar refractivity (Wildman–Crippen MR) is 90.8 cm³/mol. The molecule has 0 aliphatic rings. The van der Waals surface area contributed by atoms with E-state index in [1.807, 2.05) is 0 Å². The van der Waals surface area contributed by atoms with E-state index in [-0.39, 0.29) is 22.8 Å². The first-order chi connectivity index (χ1) is 11.5. The van der Waals surface area contributed by atoms with E-state index in [0.29, 0.717) is 25.3 Å². The van der Waals surface area contributed by atoms with E-state index in [0.717, 1.165) is 0 Å². The standard InChI is InChI=1S/C18H21FN2O3/c1-5-9-12-10-13(19)15(14(11-12)24-8-4)16-17(22)20(6-2)21(7-3)18(16)23/h10-11,22H,6-8H2,1-4H3. The topological polar surface area (TPSA) is 56.4 Å². The van der Waals surface area contributed by atoms with Crippen LogP contribution in [0.2, 0.25) is 0 Å². The number of hydrogen-bond donors (Lipinski definition) is 1. The second-order valence-electron chi connectivity index (χ2n) is 5.07. The highest BCUT2D eigenvalue weighted by Crippen LogP contribution is 2.37. The molecule has 2 aromatic rings. The minimum atomic E-state index is -0.650. The van der Waals surface area contributed by atoms with Crippen LogP contribution in [0.3, 0.4) is 0 Å². The monoisotopic (exact) mass is 332 g/mol. The van der Waals surface area contributed by atoms with Crippen molar-refractivity contribution in [3.63, 3.8) is 0 Å². The smallest absolute Gasteiger partial charge is 0.278 e. The average Bonchev–Trinajstić information content (AvgIpc) is 2.78. The van der Waals surface area contributed by atoms with E-state index in [9.17, 15) is 14.3 Å². The van der Waals surface area contributed by atoms with Gasteiger partial charge in [-0.05, 0) is 39.8 Å². The lowest BCUT2D eigenvalue weighted by atomic mass is 10.0. The van der Waals surface area contributed by atoms with Gasteiger partial charge in [-0.3, -0.25) is 9.48 Å². The first kappa shape index (κ1) is 17.7. The maximum absolute atomic E-state index is 14.7. The molecule has 128 valence electrons. The van der Waals surface area contributed by atoms with Gasteiger partial charge in [-0.25, -0.2) is 9.07 Å². The lowest BCUT2D eigenvalue weighted by Crippen LogP contribution is -2.22. The SMILES string of the molecule is CC#Cc1cc(F)c(-c2c(O)n(CC)n(CC)c2=O)c(OCC)c1. The van der Waals surface area contributed by atoms with Crippen LogP contribution in [-0.2, 0) is 13.1 Å². The van der Waals surface area contributed by atoms with Gasteiger partial charge in [-0.2, -0.15) is 0 Å². The number of aromatic nitrogens is 2. The molecule has 2 rings (SSSR count). The van der Waals surface area contributed by atoms with E-state index < -0.39 is 11.4 Å². The van der Waals surface area contributed by atoms with Gasteiger partial charge in [0.05, 0.1) is 12.2 Å². The molecule has 0 unspecified atom stereocenters. The fourth-order valence-corrected chi connectivity index (χ4v) is 2.74. The van der Waals surface area contributed by atoms with Crippen LogP contribution in [0, 0.1) is 17.7 Å². The van der Waals surface area contributed by atoms with Gasteiger partial charge in [0.15, 0.2) is 0 Å². The molecule has 0 spiro atoms. The Kier molecular flexibility index (Phi) is 5.35. The second kappa shape index (κ2) is 7.26. The summed E-state index contributed by atoms with van der Waals surface area (Å²) in [4.78, 5) is 12.7. The van der Waals surface area contributed by atoms with Gasteiger partial charge in [0, 0.05) is 18.7 Å². The number of benzene rings is 1. The number of hydrogen-bond acceptors (Lipinski definition) is 3. The molecule has 0 aliphatic heterocycles. The maximum atomic E-state index is 14.7. The molecule has 0 fully saturated rings. The number of rotatable bonds is 5. The van der Waals surface area contributed by atoms with Crippen LogP contribution in [0.5, 0.6) is 11.6 Å². The Labute approximate surface area is 140 Å². The Morgan fingerprint density at radius 3 is 2.33 bits per heavy atom. The van der Waals surface area contributed by atoms with Crippen LogP contribution in [0.1, 0.15) is 33.3 Å². The Morgan fingerprint density at radius 1 is 1.17 bits per heavy atom. The molecule has 0 aliphatic carbocycles. The van der Waals surface area contributed by atoms with Crippen molar-refractivity contribution in [3.8, 4) is 34.6 Å². The van der Waals surface area contributed by atoms with E-state index in [4.69, 9.17) is 4.74 Å². The van der Waals surface area contributed by atoms with Crippen LogP contribution in [0.15, 0.2) is 16.9 Å². The lowest BCUT2D eigenvalue weighted by Gasteiger charge is -2.11. The lowest BCUT2D eigenvalue weighted by molar-refractivity contribution is 0.339. The summed E-state index contributed by atoms with van der Waals surface area (Å²) in [5.74, 6) is 4.75. The van der Waals surface area contributed by atoms with Crippen molar-refractivity contribution in [2.45, 2.75) is 40.8 Å². The predicted octanol–water partition coefficient (Wildman–Crippen LogP) is 2.97. The van der Waals surface area contributed by atoms with Crippen LogP contribution in [-0.4, -0.2) is 21.1 Å². The number of aromatic hydroxyl groups is 1. The molecule has 0 atom stereocenters. The zero-order valence-corrected chi connectivity index (χ0v) is 14.3. The zero-order valence-electron chi connectivity index (χ0n) is 14.3. The molecule has 0 saturated heterocycles. The quantitative estimate of drug-likeness (QED) is 0.857. The summed E-state index contributed by atoms with van der Waals surface area (Å²) in [7, 11) is 0. The minimum absolute atomic E-state index is 0.0320. The number of nitrogens with zero attached hydrogens (tertiary/aromatic N) is 2. The first-order valence-electron chi connectivity index (χ1n) is 7.92. The number of halogens is 1. The molecule has 6 heteroatoms. The Hall–Kier alpha value is -2.68. The molecule has 0 radical (unpaired) electrons. The van der Waals surface area contributed by atoms with Crippen molar-refractivity contribution in [1.82, 2.24) is 9.36 Å². The van der Waals surface area contributed by atoms with E-state index >= 15 is 0 Å². The van der Waals surface area contributed by atoms with Crippen molar-refractivity contribution in [1.29, 1.82) is 0 Å². The highest BCUT2D eigenvalue weighted by molar-refractivity contribution is 5.75. The molecule has 5 nitrogen and oxygen atoms in total.